The van der Waals surface area contributed by atoms with E-state index in [4.69, 9.17) is 9.47 Å². The van der Waals surface area contributed by atoms with Gasteiger partial charge in [0.05, 0.1) is 0 Å². The molecule has 0 aliphatic carbocycles. The average Bonchev–Trinajstić information content (AvgIpc) is 3.29. The number of ether oxygens (including phenoxy) is 2. The van der Waals surface area contributed by atoms with Crippen molar-refractivity contribution in [3.05, 3.63) is 48.1 Å². The lowest BCUT2D eigenvalue weighted by molar-refractivity contribution is -0.162. The van der Waals surface area contributed by atoms with E-state index in [9.17, 15) is 9.90 Å². The molecule has 0 spiro atoms. The Bertz CT molecular complexity index is 616. The molecule has 0 aromatic rings. The fraction of sp³-hybridized carbons (Fsp3) is 0.591. The molecule has 0 radical (unpaired) electrons. The van der Waals surface area contributed by atoms with Crippen molar-refractivity contribution in [1.82, 2.24) is 0 Å². The summed E-state index contributed by atoms with van der Waals surface area (Å²) in [6.07, 6.45) is 14.5. The number of esters is 1. The molecule has 2 saturated heterocycles. The zero-order valence-corrected chi connectivity index (χ0v) is 16.5. The lowest BCUT2D eigenvalue weighted by atomic mass is 9.94. The van der Waals surface area contributed by atoms with Gasteiger partial charge in [0, 0.05) is 0 Å². The molecule has 0 unspecified atom stereocenters. The molecule has 2 fully saturated rings. The zero-order valence-electron chi connectivity index (χ0n) is 16.5. The van der Waals surface area contributed by atoms with Crippen LogP contribution in [-0.4, -0.2) is 35.0 Å². The van der Waals surface area contributed by atoms with Crippen LogP contribution in [0.3, 0.4) is 0 Å². The van der Waals surface area contributed by atoms with E-state index < -0.39 is 29.9 Å². The van der Waals surface area contributed by atoms with Gasteiger partial charge in [0.1, 0.15) is 11.7 Å². The summed E-state index contributed by atoms with van der Waals surface area (Å²) in [6.45, 7) is 10.6. The molecule has 0 aromatic carbocycles. The van der Waals surface area contributed by atoms with Crippen LogP contribution < -0.4 is 0 Å². The number of allylic oxidation sites excluding steroid dienone is 7. The van der Waals surface area contributed by atoms with E-state index in [1.54, 1.807) is 0 Å². The van der Waals surface area contributed by atoms with Crippen LogP contribution in [0.15, 0.2) is 48.1 Å². The van der Waals surface area contributed by atoms with Gasteiger partial charge in [-0.3, -0.25) is 0 Å². The number of fused-ring (bicyclic) bond motifs is 1. The van der Waals surface area contributed by atoms with Gasteiger partial charge in [0.2, 0.25) is 0 Å². The minimum atomic E-state index is -1.16. The number of aliphatic hydroxyl groups excluding tert-OH is 1. The van der Waals surface area contributed by atoms with E-state index in [1.165, 1.54) is 5.57 Å². The lowest BCUT2D eigenvalue weighted by Crippen LogP contribution is -2.46. The second-order valence-corrected chi connectivity index (χ2v) is 7.76. The second kappa shape index (κ2) is 8.83. The quantitative estimate of drug-likeness (QED) is 0.402. The van der Waals surface area contributed by atoms with E-state index in [0.717, 1.165) is 12.8 Å². The third kappa shape index (κ3) is 5.18. The average molecular weight is 360 g/mol. The van der Waals surface area contributed by atoms with Gasteiger partial charge in [-0.15, -0.1) is 0 Å². The van der Waals surface area contributed by atoms with E-state index in [-0.39, 0.29) is 0 Å². The predicted octanol–water partition coefficient (Wildman–Crippen LogP) is 4.12. The summed E-state index contributed by atoms with van der Waals surface area (Å²) in [5.74, 6) is 0.431. The molecule has 0 saturated carbocycles. The van der Waals surface area contributed by atoms with E-state index >= 15 is 0 Å². The topological polar surface area (TPSA) is 59.1 Å². The molecular formula is C22H32O4. The molecule has 4 nitrogen and oxygen atoms in total. The van der Waals surface area contributed by atoms with Crippen molar-refractivity contribution in [1.29, 1.82) is 0 Å². The van der Waals surface area contributed by atoms with Crippen LogP contribution in [0.4, 0.5) is 0 Å². The Kier molecular flexibility index (Phi) is 7.01. The summed E-state index contributed by atoms with van der Waals surface area (Å²) < 4.78 is 10.7. The maximum atomic E-state index is 11.6. The van der Waals surface area contributed by atoms with Gasteiger partial charge in [0.25, 0.3) is 0 Å². The smallest absolute Gasteiger partial charge is 0.338 e. The molecule has 2 rings (SSSR count). The van der Waals surface area contributed by atoms with Crippen molar-refractivity contribution in [2.24, 2.45) is 11.8 Å². The third-order valence-electron chi connectivity index (χ3n) is 5.17. The Labute approximate surface area is 157 Å². The zero-order chi connectivity index (χ0) is 19.3. The number of hydrogen-bond donors (Lipinski definition) is 1. The second-order valence-electron chi connectivity index (χ2n) is 7.76. The first-order chi connectivity index (χ1) is 12.3. The van der Waals surface area contributed by atoms with Crippen molar-refractivity contribution in [3.63, 3.8) is 0 Å². The van der Waals surface area contributed by atoms with Gasteiger partial charge in [0.15, 0.2) is 12.2 Å². The molecule has 0 aromatic heterocycles. The fourth-order valence-corrected chi connectivity index (χ4v) is 3.12. The van der Waals surface area contributed by atoms with Crippen molar-refractivity contribution < 1.29 is 19.4 Å². The van der Waals surface area contributed by atoms with Crippen LogP contribution in [-0.2, 0) is 14.3 Å². The van der Waals surface area contributed by atoms with Gasteiger partial charge in [-0.05, 0) is 38.2 Å². The highest BCUT2D eigenvalue weighted by molar-refractivity contribution is 5.78. The predicted molar refractivity (Wildman–Crippen MR) is 104 cm³/mol. The van der Waals surface area contributed by atoms with Gasteiger partial charge >= 0.3 is 5.97 Å². The highest BCUT2D eigenvalue weighted by atomic mass is 16.7. The molecule has 0 amide bonds. The van der Waals surface area contributed by atoms with Crippen LogP contribution in [0.1, 0.15) is 47.5 Å². The van der Waals surface area contributed by atoms with E-state index in [0.29, 0.717) is 11.8 Å². The molecule has 6 atom stereocenters. The molecule has 1 N–H and O–H groups in total. The minimum Gasteiger partial charge on any atom is -0.453 e. The Morgan fingerprint density at radius 1 is 1.23 bits per heavy atom. The Morgan fingerprint density at radius 3 is 2.62 bits per heavy atom. The summed E-state index contributed by atoms with van der Waals surface area (Å²) in [6, 6.07) is 0. The lowest BCUT2D eigenvalue weighted by Gasteiger charge is -2.24. The molecule has 0 bridgehead atoms. The highest BCUT2D eigenvalue weighted by Gasteiger charge is 2.67. The monoisotopic (exact) mass is 360 g/mol. The summed E-state index contributed by atoms with van der Waals surface area (Å²) >= 11 is 0. The number of epoxide rings is 1. The summed E-state index contributed by atoms with van der Waals surface area (Å²) in [7, 11) is 0. The van der Waals surface area contributed by atoms with Gasteiger partial charge in [-0.1, -0.05) is 69.2 Å². The first-order valence-corrected chi connectivity index (χ1v) is 9.53. The van der Waals surface area contributed by atoms with Crippen LogP contribution in [0.2, 0.25) is 0 Å². The first kappa shape index (κ1) is 20.7. The summed E-state index contributed by atoms with van der Waals surface area (Å²) in [5.41, 5.74) is 0.757. The van der Waals surface area contributed by atoms with Gasteiger partial charge < -0.3 is 14.6 Å². The maximum absolute atomic E-state index is 11.6. The van der Waals surface area contributed by atoms with Crippen molar-refractivity contribution in [3.8, 4) is 0 Å². The highest BCUT2D eigenvalue weighted by Crippen LogP contribution is 2.46. The number of hydrogen-bond acceptors (Lipinski definition) is 4. The Balaban J connectivity index is 1.81. The van der Waals surface area contributed by atoms with Crippen LogP contribution in [0.5, 0.6) is 0 Å². The standard InChI is InChI=1S/C22H32O4/c1-6-15(2)11-9-12-17(4)14-16(3)10-7-8-13-18-22(5)20(26-22)19(23)21(24)25-18/h7-13,15-16,18-20,23H,6,14H2,1-5H3/b10-7+,11-9+,13-8+,17-12+/t15-,16-,18+,19+,20-,22-/m1/s1. The number of rotatable bonds is 8. The molecular weight excluding hydrogens is 328 g/mol. The number of cyclic esters (lactones) is 1. The molecule has 26 heavy (non-hydrogen) atoms. The van der Waals surface area contributed by atoms with Gasteiger partial charge in [-0.2, -0.15) is 0 Å². The van der Waals surface area contributed by atoms with Crippen molar-refractivity contribution in [2.45, 2.75) is 71.4 Å². The van der Waals surface area contributed by atoms with Crippen LogP contribution in [0.25, 0.3) is 0 Å². The SMILES string of the molecule is CC[C@@H](C)/C=C/C=C(\C)C[C@H](C)/C=C/C=C/[C@@H]1OC(=O)[C@@H](O)[C@H]2O[C@]12C. The molecule has 2 aliphatic rings. The van der Waals surface area contributed by atoms with Gasteiger partial charge in [-0.25, -0.2) is 4.79 Å². The van der Waals surface area contributed by atoms with E-state index in [1.807, 2.05) is 25.2 Å². The Hall–Kier alpha value is -1.65. The molecule has 2 heterocycles. The minimum absolute atomic E-state index is 0.420. The van der Waals surface area contributed by atoms with Crippen LogP contribution in [0, 0.1) is 11.8 Å². The molecule has 4 heteroatoms. The number of carbonyl (C=O) groups is 1. The summed E-state index contributed by atoms with van der Waals surface area (Å²) in [4.78, 5) is 11.6. The van der Waals surface area contributed by atoms with Crippen molar-refractivity contribution >= 4 is 5.97 Å². The Morgan fingerprint density at radius 2 is 1.92 bits per heavy atom. The normalized spacial score (nSPS) is 34.3. The maximum Gasteiger partial charge on any atom is 0.338 e. The van der Waals surface area contributed by atoms with Crippen molar-refractivity contribution in [2.75, 3.05) is 0 Å². The number of carbonyl (C=O) groups excluding carboxylic acids is 1. The third-order valence-corrected chi connectivity index (χ3v) is 5.17. The number of aliphatic hydroxyl groups is 1. The largest absolute Gasteiger partial charge is 0.453 e. The molecule has 144 valence electrons. The molecule has 2 aliphatic heterocycles. The fourth-order valence-electron chi connectivity index (χ4n) is 3.12. The van der Waals surface area contributed by atoms with Crippen LogP contribution >= 0.6 is 0 Å². The van der Waals surface area contributed by atoms with E-state index in [2.05, 4.69) is 52.0 Å². The first-order valence-electron chi connectivity index (χ1n) is 9.53. The summed E-state index contributed by atoms with van der Waals surface area (Å²) in [5, 5.41) is 9.66.